The Morgan fingerprint density at radius 3 is 2.69 bits per heavy atom. The Balaban J connectivity index is 1.84. The van der Waals surface area contributed by atoms with Crippen LogP contribution in [0, 0.1) is 19.7 Å². The summed E-state index contributed by atoms with van der Waals surface area (Å²) in [5, 5.41) is 2.72. The van der Waals surface area contributed by atoms with E-state index in [0.29, 0.717) is 49.2 Å². The van der Waals surface area contributed by atoms with Gasteiger partial charge in [0, 0.05) is 30.5 Å². The van der Waals surface area contributed by atoms with Gasteiger partial charge in [-0.2, -0.15) is 0 Å². The number of hydrogen-bond acceptors (Lipinski definition) is 5. The summed E-state index contributed by atoms with van der Waals surface area (Å²) in [5.41, 5.74) is 1.44. The van der Waals surface area contributed by atoms with Crippen LogP contribution in [0.5, 0.6) is 0 Å². The summed E-state index contributed by atoms with van der Waals surface area (Å²) in [6, 6.07) is 5.53. The van der Waals surface area contributed by atoms with Crippen molar-refractivity contribution in [2.75, 3.05) is 36.5 Å². The van der Waals surface area contributed by atoms with Gasteiger partial charge in [-0.3, -0.25) is 14.2 Å². The SMILES string of the molecule is Cc1cc(=O)n(CC(=O)Nc2ccc(F)cc2C)c(N2CCOCC2)n1. The fourth-order valence-electron chi connectivity index (χ4n) is 2.86. The Morgan fingerprint density at radius 2 is 2.00 bits per heavy atom. The Labute approximate surface area is 150 Å². The molecule has 7 nitrogen and oxygen atoms in total. The molecular formula is C18H21FN4O3. The number of anilines is 2. The molecule has 8 heteroatoms. The molecule has 1 N–H and O–H groups in total. The number of nitrogens with zero attached hydrogens (tertiary/aromatic N) is 3. The van der Waals surface area contributed by atoms with Gasteiger partial charge in [0.1, 0.15) is 12.4 Å². The van der Waals surface area contributed by atoms with E-state index in [-0.39, 0.29) is 23.8 Å². The summed E-state index contributed by atoms with van der Waals surface area (Å²) in [7, 11) is 0. The summed E-state index contributed by atoms with van der Waals surface area (Å²) in [5.74, 6) is -0.277. The average Bonchev–Trinajstić information content (AvgIpc) is 2.60. The van der Waals surface area contributed by atoms with Crippen molar-refractivity contribution in [1.29, 1.82) is 0 Å². The van der Waals surface area contributed by atoms with Crippen LogP contribution in [0.4, 0.5) is 16.0 Å². The quantitative estimate of drug-likeness (QED) is 0.894. The molecule has 26 heavy (non-hydrogen) atoms. The van der Waals surface area contributed by atoms with Crippen LogP contribution in [0.3, 0.4) is 0 Å². The molecule has 1 fully saturated rings. The highest BCUT2D eigenvalue weighted by molar-refractivity contribution is 5.91. The number of amides is 1. The van der Waals surface area contributed by atoms with Crippen molar-refractivity contribution in [3.05, 3.63) is 51.7 Å². The van der Waals surface area contributed by atoms with E-state index in [1.54, 1.807) is 13.8 Å². The first-order chi connectivity index (χ1) is 12.4. The predicted molar refractivity (Wildman–Crippen MR) is 96.0 cm³/mol. The van der Waals surface area contributed by atoms with Gasteiger partial charge in [0.25, 0.3) is 5.56 Å². The van der Waals surface area contributed by atoms with Crippen LogP contribution >= 0.6 is 0 Å². The Morgan fingerprint density at radius 1 is 1.27 bits per heavy atom. The van der Waals surface area contributed by atoms with Crippen molar-refractivity contribution in [2.45, 2.75) is 20.4 Å². The van der Waals surface area contributed by atoms with Crippen molar-refractivity contribution in [2.24, 2.45) is 0 Å². The van der Waals surface area contributed by atoms with Gasteiger partial charge in [0.05, 0.1) is 13.2 Å². The van der Waals surface area contributed by atoms with E-state index in [1.165, 1.54) is 28.8 Å². The topological polar surface area (TPSA) is 76.5 Å². The minimum atomic E-state index is -0.373. The van der Waals surface area contributed by atoms with Gasteiger partial charge < -0.3 is 15.0 Å². The third kappa shape index (κ3) is 4.08. The molecule has 3 rings (SSSR count). The molecule has 1 amide bonds. The second-order valence-electron chi connectivity index (χ2n) is 6.23. The van der Waals surface area contributed by atoms with Crippen molar-refractivity contribution < 1.29 is 13.9 Å². The van der Waals surface area contributed by atoms with Crippen LogP contribution in [0.2, 0.25) is 0 Å². The van der Waals surface area contributed by atoms with Crippen LogP contribution in [-0.4, -0.2) is 41.8 Å². The molecular weight excluding hydrogens is 339 g/mol. The number of morpholine rings is 1. The second kappa shape index (κ2) is 7.65. The monoisotopic (exact) mass is 360 g/mol. The van der Waals surface area contributed by atoms with E-state index in [2.05, 4.69) is 10.3 Å². The Hall–Kier alpha value is -2.74. The highest BCUT2D eigenvalue weighted by Gasteiger charge is 2.19. The van der Waals surface area contributed by atoms with E-state index < -0.39 is 0 Å². The predicted octanol–water partition coefficient (Wildman–Crippen LogP) is 1.47. The molecule has 0 spiro atoms. The van der Waals surface area contributed by atoms with Gasteiger partial charge in [0.2, 0.25) is 11.9 Å². The maximum absolute atomic E-state index is 13.2. The fourth-order valence-corrected chi connectivity index (χ4v) is 2.86. The third-order valence-electron chi connectivity index (χ3n) is 4.17. The zero-order valence-corrected chi connectivity index (χ0v) is 14.8. The molecule has 1 aliphatic heterocycles. The lowest BCUT2D eigenvalue weighted by Gasteiger charge is -2.29. The number of halogens is 1. The molecule has 138 valence electrons. The van der Waals surface area contributed by atoms with E-state index in [0.717, 1.165) is 0 Å². The molecule has 0 aliphatic carbocycles. The lowest BCUT2D eigenvalue weighted by molar-refractivity contribution is -0.116. The van der Waals surface area contributed by atoms with E-state index >= 15 is 0 Å². The lowest BCUT2D eigenvalue weighted by Crippen LogP contribution is -2.41. The van der Waals surface area contributed by atoms with Gasteiger partial charge in [0.15, 0.2) is 0 Å². The number of nitrogens with one attached hydrogen (secondary N) is 1. The lowest BCUT2D eigenvalue weighted by atomic mass is 10.2. The van der Waals surface area contributed by atoms with Crippen LogP contribution in [0.1, 0.15) is 11.3 Å². The Bertz CT molecular complexity index is 875. The van der Waals surface area contributed by atoms with Crippen molar-refractivity contribution in [3.8, 4) is 0 Å². The molecule has 2 heterocycles. The molecule has 1 aromatic heterocycles. The number of benzene rings is 1. The first-order valence-electron chi connectivity index (χ1n) is 8.41. The second-order valence-corrected chi connectivity index (χ2v) is 6.23. The minimum absolute atomic E-state index is 0.171. The molecule has 0 saturated carbocycles. The van der Waals surface area contributed by atoms with E-state index in [1.807, 2.05) is 4.90 Å². The molecule has 0 bridgehead atoms. The highest BCUT2D eigenvalue weighted by Crippen LogP contribution is 2.16. The van der Waals surface area contributed by atoms with Crippen LogP contribution in [0.15, 0.2) is 29.1 Å². The normalized spacial score (nSPS) is 14.3. The zero-order chi connectivity index (χ0) is 18.7. The summed E-state index contributed by atoms with van der Waals surface area (Å²) in [6.07, 6.45) is 0. The van der Waals surface area contributed by atoms with Crippen molar-refractivity contribution in [3.63, 3.8) is 0 Å². The minimum Gasteiger partial charge on any atom is -0.378 e. The van der Waals surface area contributed by atoms with Gasteiger partial charge in [-0.25, -0.2) is 9.37 Å². The molecule has 2 aromatic rings. The van der Waals surface area contributed by atoms with Crippen LogP contribution in [-0.2, 0) is 16.1 Å². The number of rotatable bonds is 4. The molecule has 0 radical (unpaired) electrons. The standard InChI is InChI=1S/C18H21FN4O3/c1-12-9-14(19)3-4-15(12)21-16(24)11-23-17(25)10-13(2)20-18(23)22-5-7-26-8-6-22/h3-4,9-10H,5-8,11H2,1-2H3,(H,21,24). The molecule has 1 aromatic carbocycles. The third-order valence-corrected chi connectivity index (χ3v) is 4.17. The number of carbonyl (C=O) groups excluding carboxylic acids is 1. The fraction of sp³-hybridized carbons (Fsp3) is 0.389. The number of aromatic nitrogens is 2. The van der Waals surface area contributed by atoms with Crippen molar-refractivity contribution in [1.82, 2.24) is 9.55 Å². The molecule has 1 aliphatic rings. The first-order valence-corrected chi connectivity index (χ1v) is 8.41. The maximum Gasteiger partial charge on any atom is 0.255 e. The summed E-state index contributed by atoms with van der Waals surface area (Å²) >= 11 is 0. The number of hydrogen-bond donors (Lipinski definition) is 1. The summed E-state index contributed by atoms with van der Waals surface area (Å²) in [6.45, 7) is 5.59. The summed E-state index contributed by atoms with van der Waals surface area (Å²) in [4.78, 5) is 31.3. The molecule has 0 unspecified atom stereocenters. The molecule has 1 saturated heterocycles. The highest BCUT2D eigenvalue weighted by atomic mass is 19.1. The number of aryl methyl sites for hydroxylation is 2. The van der Waals surface area contributed by atoms with Gasteiger partial charge in [-0.1, -0.05) is 0 Å². The smallest absolute Gasteiger partial charge is 0.255 e. The molecule has 0 atom stereocenters. The first kappa shape index (κ1) is 18.1. The average molecular weight is 360 g/mol. The van der Waals surface area contributed by atoms with Crippen molar-refractivity contribution >= 4 is 17.5 Å². The van der Waals surface area contributed by atoms with Crippen LogP contribution in [0.25, 0.3) is 0 Å². The number of carbonyl (C=O) groups is 1. The van der Waals surface area contributed by atoms with Crippen LogP contribution < -0.4 is 15.8 Å². The van der Waals surface area contributed by atoms with Gasteiger partial charge in [-0.05, 0) is 37.6 Å². The maximum atomic E-state index is 13.2. The largest absolute Gasteiger partial charge is 0.378 e. The number of ether oxygens (including phenoxy) is 1. The summed E-state index contributed by atoms with van der Waals surface area (Å²) < 4.78 is 19.9. The van der Waals surface area contributed by atoms with E-state index in [9.17, 15) is 14.0 Å². The zero-order valence-electron chi connectivity index (χ0n) is 14.8. The van der Waals surface area contributed by atoms with Gasteiger partial charge >= 0.3 is 0 Å². The Kier molecular flexibility index (Phi) is 5.32. The van der Waals surface area contributed by atoms with Gasteiger partial charge in [-0.15, -0.1) is 0 Å². The van der Waals surface area contributed by atoms with E-state index in [4.69, 9.17) is 4.74 Å².